The molecule has 1 aliphatic heterocycles. The van der Waals surface area contributed by atoms with Gasteiger partial charge in [-0.1, -0.05) is 30.3 Å². The van der Waals surface area contributed by atoms with Crippen LogP contribution in [0.3, 0.4) is 0 Å². The number of ether oxygens (including phenoxy) is 2. The van der Waals surface area contributed by atoms with Crippen LogP contribution in [0.5, 0.6) is 11.5 Å². The van der Waals surface area contributed by atoms with Gasteiger partial charge in [0.2, 0.25) is 0 Å². The molecule has 0 saturated heterocycles. The van der Waals surface area contributed by atoms with Gasteiger partial charge in [-0.25, -0.2) is 4.79 Å². The van der Waals surface area contributed by atoms with Crippen LogP contribution in [0.2, 0.25) is 0 Å². The molecule has 3 aromatic rings. The molecule has 0 fully saturated rings. The summed E-state index contributed by atoms with van der Waals surface area (Å²) in [4.78, 5) is 16.9. The minimum atomic E-state index is -0.249. The maximum absolute atomic E-state index is 12.6. The lowest BCUT2D eigenvalue weighted by Gasteiger charge is -2.24. The van der Waals surface area contributed by atoms with Crippen molar-refractivity contribution in [2.75, 3.05) is 19.5 Å². The lowest BCUT2D eigenvalue weighted by Crippen LogP contribution is -2.29. The second-order valence-corrected chi connectivity index (χ2v) is 6.85. The van der Waals surface area contributed by atoms with Crippen LogP contribution in [-0.2, 0) is 13.0 Å². The van der Waals surface area contributed by atoms with Gasteiger partial charge in [0, 0.05) is 24.2 Å². The summed E-state index contributed by atoms with van der Waals surface area (Å²) in [6.45, 7) is 2.65. The fourth-order valence-corrected chi connectivity index (χ4v) is 3.66. The van der Waals surface area contributed by atoms with Gasteiger partial charge in [-0.3, -0.25) is 4.57 Å². The molecule has 6 nitrogen and oxygen atoms in total. The molecule has 4 rings (SSSR count). The number of anilines is 1. The Morgan fingerprint density at radius 1 is 1.07 bits per heavy atom. The number of methoxy groups -OCH3 is 2. The molecule has 28 heavy (non-hydrogen) atoms. The number of fused-ring (bicyclic) bond motifs is 3. The van der Waals surface area contributed by atoms with Crippen molar-refractivity contribution in [1.82, 2.24) is 9.55 Å². The Labute approximate surface area is 163 Å². The van der Waals surface area contributed by atoms with Crippen LogP contribution >= 0.6 is 0 Å². The van der Waals surface area contributed by atoms with Crippen LogP contribution in [0.4, 0.5) is 5.82 Å². The van der Waals surface area contributed by atoms with Crippen LogP contribution in [0.25, 0.3) is 11.3 Å². The molecule has 1 atom stereocenters. The summed E-state index contributed by atoms with van der Waals surface area (Å²) in [5.41, 5.74) is 3.82. The van der Waals surface area contributed by atoms with Gasteiger partial charge in [-0.15, -0.1) is 0 Å². The van der Waals surface area contributed by atoms with Gasteiger partial charge in [-0.05, 0) is 36.6 Å². The molecule has 1 aliphatic rings. The van der Waals surface area contributed by atoms with Gasteiger partial charge in [-0.2, -0.15) is 4.98 Å². The topological polar surface area (TPSA) is 65.4 Å². The molecule has 1 N–H and O–H groups in total. The van der Waals surface area contributed by atoms with Gasteiger partial charge >= 0.3 is 5.69 Å². The zero-order valence-electron chi connectivity index (χ0n) is 16.2. The monoisotopic (exact) mass is 377 g/mol. The molecule has 2 aromatic carbocycles. The highest BCUT2D eigenvalue weighted by atomic mass is 16.5. The van der Waals surface area contributed by atoms with E-state index >= 15 is 0 Å². The number of benzene rings is 2. The predicted octanol–water partition coefficient (Wildman–Crippen LogP) is 3.66. The fourth-order valence-electron chi connectivity index (χ4n) is 3.66. The molecule has 0 spiro atoms. The molecule has 0 radical (unpaired) electrons. The quantitative estimate of drug-likeness (QED) is 0.735. The summed E-state index contributed by atoms with van der Waals surface area (Å²) in [6.07, 6.45) is 0.747. The van der Waals surface area contributed by atoms with Crippen molar-refractivity contribution < 1.29 is 9.47 Å². The van der Waals surface area contributed by atoms with E-state index in [1.807, 2.05) is 36.4 Å². The van der Waals surface area contributed by atoms with Crippen molar-refractivity contribution in [1.29, 1.82) is 0 Å². The summed E-state index contributed by atoms with van der Waals surface area (Å²) in [6, 6.07) is 16.0. The molecule has 0 saturated carbocycles. The molecule has 6 heteroatoms. The van der Waals surface area contributed by atoms with Crippen molar-refractivity contribution in [3.8, 4) is 22.8 Å². The number of nitrogens with one attached hydrogen (secondary N) is 1. The van der Waals surface area contributed by atoms with Crippen molar-refractivity contribution >= 4 is 5.82 Å². The van der Waals surface area contributed by atoms with Crippen LogP contribution in [0, 0.1) is 0 Å². The van der Waals surface area contributed by atoms with Crippen molar-refractivity contribution in [3.63, 3.8) is 0 Å². The van der Waals surface area contributed by atoms with Gasteiger partial charge in [0.1, 0.15) is 5.82 Å². The first kappa shape index (κ1) is 18.1. The van der Waals surface area contributed by atoms with E-state index in [9.17, 15) is 4.79 Å². The third-order valence-corrected chi connectivity index (χ3v) is 5.17. The number of aryl methyl sites for hydroxylation is 1. The Balaban J connectivity index is 1.76. The molecule has 0 amide bonds. The molecular weight excluding hydrogens is 354 g/mol. The van der Waals surface area contributed by atoms with Gasteiger partial charge in [0.15, 0.2) is 11.5 Å². The Kier molecular flexibility index (Phi) is 4.77. The Morgan fingerprint density at radius 2 is 1.79 bits per heavy atom. The first-order valence-electron chi connectivity index (χ1n) is 9.29. The van der Waals surface area contributed by atoms with E-state index in [1.54, 1.807) is 18.8 Å². The number of aromatic nitrogens is 2. The fraction of sp³-hybridized carbons (Fsp3) is 0.273. The standard InChI is InChI=1S/C22H23N3O3/c1-14(15-7-5-4-6-8-15)23-21-13-18-17-12-20(28-3)19(27-2)11-16(17)9-10-25(18)22(26)24-21/h4-8,11-14H,9-10H2,1-3H3,(H,23,24,26)/t14-/m0/s1. The summed E-state index contributed by atoms with van der Waals surface area (Å²) in [7, 11) is 3.24. The third-order valence-electron chi connectivity index (χ3n) is 5.17. The van der Waals surface area contributed by atoms with Crippen molar-refractivity contribution in [3.05, 3.63) is 70.1 Å². The largest absolute Gasteiger partial charge is 0.493 e. The van der Waals surface area contributed by atoms with Crippen molar-refractivity contribution in [2.24, 2.45) is 0 Å². The van der Waals surface area contributed by atoms with Crippen molar-refractivity contribution in [2.45, 2.75) is 25.9 Å². The molecular formula is C22H23N3O3. The summed E-state index contributed by atoms with van der Waals surface area (Å²) < 4.78 is 12.6. The van der Waals surface area contributed by atoms with Gasteiger partial charge in [0.25, 0.3) is 0 Å². The van der Waals surface area contributed by atoms with E-state index < -0.39 is 0 Å². The average Bonchev–Trinajstić information content (AvgIpc) is 2.73. The maximum atomic E-state index is 12.6. The number of hydrogen-bond donors (Lipinski definition) is 1. The Morgan fingerprint density at radius 3 is 2.50 bits per heavy atom. The number of hydrogen-bond acceptors (Lipinski definition) is 5. The van der Waals surface area contributed by atoms with Crippen LogP contribution < -0.4 is 20.5 Å². The maximum Gasteiger partial charge on any atom is 0.349 e. The van der Waals surface area contributed by atoms with Gasteiger partial charge in [0.05, 0.1) is 19.9 Å². The first-order valence-corrected chi connectivity index (χ1v) is 9.29. The van der Waals surface area contributed by atoms with Crippen LogP contribution in [0.15, 0.2) is 53.3 Å². The molecule has 0 aliphatic carbocycles. The molecule has 0 bridgehead atoms. The SMILES string of the molecule is COc1cc2c(cc1OC)-c1cc(N[C@@H](C)c3ccccc3)nc(=O)n1CC2. The minimum Gasteiger partial charge on any atom is -0.493 e. The van der Waals surface area contributed by atoms with E-state index in [2.05, 4.69) is 29.4 Å². The zero-order valence-corrected chi connectivity index (χ0v) is 16.2. The normalized spacial score (nSPS) is 13.2. The third kappa shape index (κ3) is 3.22. The first-order chi connectivity index (χ1) is 13.6. The summed E-state index contributed by atoms with van der Waals surface area (Å²) in [5, 5.41) is 3.35. The lowest BCUT2D eigenvalue weighted by molar-refractivity contribution is 0.354. The van der Waals surface area contributed by atoms with Crippen LogP contribution in [0.1, 0.15) is 24.1 Å². The second kappa shape index (κ2) is 7.38. The van der Waals surface area contributed by atoms with E-state index in [1.165, 1.54) is 0 Å². The number of nitrogens with zero attached hydrogens (tertiary/aromatic N) is 2. The highest BCUT2D eigenvalue weighted by Crippen LogP contribution is 2.38. The lowest BCUT2D eigenvalue weighted by atomic mass is 9.96. The van der Waals surface area contributed by atoms with E-state index in [-0.39, 0.29) is 11.7 Å². The van der Waals surface area contributed by atoms with E-state index in [0.717, 1.165) is 28.8 Å². The molecule has 1 aromatic heterocycles. The molecule has 144 valence electrons. The van der Waals surface area contributed by atoms with Gasteiger partial charge < -0.3 is 14.8 Å². The number of rotatable bonds is 5. The minimum absolute atomic E-state index is 0.0321. The second-order valence-electron chi connectivity index (χ2n) is 6.85. The summed E-state index contributed by atoms with van der Waals surface area (Å²) in [5.74, 6) is 1.91. The van der Waals surface area contributed by atoms with Crippen LogP contribution in [-0.4, -0.2) is 23.8 Å². The predicted molar refractivity (Wildman–Crippen MR) is 109 cm³/mol. The highest BCUT2D eigenvalue weighted by Gasteiger charge is 2.22. The Bertz CT molecular complexity index is 1060. The highest BCUT2D eigenvalue weighted by molar-refractivity contribution is 5.72. The molecule has 0 unspecified atom stereocenters. The summed E-state index contributed by atoms with van der Waals surface area (Å²) >= 11 is 0. The van der Waals surface area contributed by atoms with E-state index in [4.69, 9.17) is 9.47 Å². The molecule has 2 heterocycles. The zero-order chi connectivity index (χ0) is 19.7. The smallest absolute Gasteiger partial charge is 0.349 e. The Hall–Kier alpha value is -3.28. The van der Waals surface area contributed by atoms with E-state index in [0.29, 0.717) is 23.9 Å². The average molecular weight is 377 g/mol.